The minimum Gasteiger partial charge on any atom is -0.491 e. The van der Waals surface area contributed by atoms with Gasteiger partial charge in [-0.15, -0.1) is 0 Å². The molecule has 2 rings (SSSR count). The summed E-state index contributed by atoms with van der Waals surface area (Å²) < 4.78 is 34.1. The van der Waals surface area contributed by atoms with E-state index in [9.17, 15) is 13.5 Å². The Morgan fingerprint density at radius 3 is 1.75 bits per heavy atom. The molecule has 0 heterocycles. The van der Waals surface area contributed by atoms with Gasteiger partial charge in [-0.1, -0.05) is 58.9 Å². The number of aryl methyl sites for hydroxylation is 2. The van der Waals surface area contributed by atoms with E-state index in [1.54, 1.807) is 6.07 Å². The van der Waals surface area contributed by atoms with E-state index in [2.05, 4.69) is 26.0 Å². The van der Waals surface area contributed by atoms with Crippen LogP contribution in [-0.2, 0) is 15.5 Å². The van der Waals surface area contributed by atoms with Crippen molar-refractivity contribution in [2.45, 2.75) is 72.8 Å². The molecule has 2 aromatic rings. The molecular weight excluding hydrogens is 424 g/mol. The van der Waals surface area contributed by atoms with Crippen molar-refractivity contribution in [3.63, 3.8) is 0 Å². The number of hydrogen-bond donors (Lipinski definition) is 1. The van der Waals surface area contributed by atoms with E-state index in [-0.39, 0.29) is 17.4 Å². The topological polar surface area (TPSA) is 72.8 Å². The van der Waals surface area contributed by atoms with Crippen molar-refractivity contribution < 1.29 is 22.4 Å². The summed E-state index contributed by atoms with van der Waals surface area (Å²) in [5, 5.41) is 10.3. The van der Waals surface area contributed by atoms with Crippen LogP contribution < -0.4 is 8.92 Å². The van der Waals surface area contributed by atoms with Crippen LogP contribution in [0.5, 0.6) is 11.5 Å². The van der Waals surface area contributed by atoms with Gasteiger partial charge in [0.05, 0.1) is 12.4 Å². The summed E-state index contributed by atoms with van der Waals surface area (Å²) >= 11 is 0. The molecule has 1 N–H and O–H groups in total. The fraction of sp³-hybridized carbons (Fsp3) is 0.538. The molecule has 6 heteroatoms. The Balaban J connectivity index is 2.39. The Kier molecular flexibility index (Phi) is 8.05. The summed E-state index contributed by atoms with van der Waals surface area (Å²) in [6.07, 6.45) is 2.27. The first kappa shape index (κ1) is 26.2. The Bertz CT molecular complexity index is 1030. The second-order valence-corrected chi connectivity index (χ2v) is 11.3. The van der Waals surface area contributed by atoms with Gasteiger partial charge in [0.1, 0.15) is 18.1 Å². The van der Waals surface area contributed by atoms with Gasteiger partial charge in [-0.25, -0.2) is 0 Å². The van der Waals surface area contributed by atoms with E-state index in [1.807, 2.05) is 52.8 Å². The molecule has 0 fully saturated rings. The van der Waals surface area contributed by atoms with E-state index in [0.717, 1.165) is 41.5 Å². The van der Waals surface area contributed by atoms with Crippen LogP contribution in [0.2, 0.25) is 0 Å². The fourth-order valence-electron chi connectivity index (χ4n) is 3.96. The third kappa shape index (κ3) is 6.04. The van der Waals surface area contributed by atoms with Crippen LogP contribution >= 0.6 is 0 Å². The summed E-state index contributed by atoms with van der Waals surface area (Å²) in [7, 11) is -3.57. The number of hydrogen-bond acceptors (Lipinski definition) is 5. The molecule has 0 amide bonds. The van der Waals surface area contributed by atoms with Gasteiger partial charge in [0.25, 0.3) is 0 Å². The normalized spacial score (nSPS) is 13.7. The van der Waals surface area contributed by atoms with Crippen LogP contribution in [0, 0.1) is 19.3 Å². The average Bonchev–Trinajstić information content (AvgIpc) is 2.68. The van der Waals surface area contributed by atoms with Crippen LogP contribution in [0.4, 0.5) is 0 Å². The summed E-state index contributed by atoms with van der Waals surface area (Å²) in [5.74, 6) is 1.13. The molecule has 0 bridgehead atoms. The van der Waals surface area contributed by atoms with E-state index in [1.165, 1.54) is 5.56 Å². The average molecular weight is 463 g/mol. The van der Waals surface area contributed by atoms with Crippen molar-refractivity contribution >= 4 is 10.1 Å². The third-order valence-electron chi connectivity index (χ3n) is 6.30. The van der Waals surface area contributed by atoms with E-state index < -0.39 is 16.2 Å². The summed E-state index contributed by atoms with van der Waals surface area (Å²) in [5.41, 5.74) is 3.65. The molecule has 0 aliphatic heterocycles. The van der Waals surface area contributed by atoms with Crippen molar-refractivity contribution in [2.24, 2.45) is 5.41 Å². The highest BCUT2D eigenvalue weighted by Gasteiger charge is 2.32. The zero-order chi connectivity index (χ0) is 24.3. The summed E-state index contributed by atoms with van der Waals surface area (Å²) in [6, 6.07) is 11.9. The molecule has 0 aliphatic carbocycles. The Morgan fingerprint density at radius 1 is 0.906 bits per heavy atom. The molecule has 5 nitrogen and oxygen atoms in total. The molecule has 32 heavy (non-hydrogen) atoms. The zero-order valence-electron chi connectivity index (χ0n) is 20.7. The lowest BCUT2D eigenvalue weighted by Crippen LogP contribution is -2.32. The van der Waals surface area contributed by atoms with Gasteiger partial charge >= 0.3 is 10.1 Å². The monoisotopic (exact) mass is 462 g/mol. The maximum Gasteiger partial charge on any atom is 0.306 e. The standard InChI is InChI=1S/C26H38O5S/c1-9-26(10-2,21-12-14-23(19(4)16-21)31-32(8,28)29)20-11-13-22(18(3)15-20)30-17-24(27)25(5,6)7/h11-16,24,27H,9-10,17H2,1-8H3/t24-/m1/s1. The van der Waals surface area contributed by atoms with Gasteiger partial charge in [0.15, 0.2) is 0 Å². The molecule has 178 valence electrons. The highest BCUT2D eigenvalue weighted by atomic mass is 32.2. The van der Waals surface area contributed by atoms with Gasteiger partial charge in [0.2, 0.25) is 0 Å². The molecule has 0 spiro atoms. The third-order valence-corrected chi connectivity index (χ3v) is 6.78. The number of ether oxygens (including phenoxy) is 1. The van der Waals surface area contributed by atoms with Crippen LogP contribution in [0.15, 0.2) is 36.4 Å². The van der Waals surface area contributed by atoms with Crippen molar-refractivity contribution in [2.75, 3.05) is 12.9 Å². The van der Waals surface area contributed by atoms with E-state index >= 15 is 0 Å². The van der Waals surface area contributed by atoms with E-state index in [4.69, 9.17) is 8.92 Å². The van der Waals surface area contributed by atoms with Crippen LogP contribution in [0.25, 0.3) is 0 Å². The number of aliphatic hydroxyl groups is 1. The first-order chi connectivity index (χ1) is 14.7. The predicted octanol–water partition coefficient (Wildman–Crippen LogP) is 5.53. The minimum absolute atomic E-state index is 0.220. The molecule has 1 atom stereocenters. The first-order valence-electron chi connectivity index (χ1n) is 11.2. The Hall–Kier alpha value is -2.05. The van der Waals surface area contributed by atoms with Crippen LogP contribution in [0.1, 0.15) is 69.7 Å². The van der Waals surface area contributed by atoms with Gasteiger partial charge in [0, 0.05) is 5.41 Å². The summed E-state index contributed by atoms with van der Waals surface area (Å²) in [6.45, 7) is 14.4. The lowest BCUT2D eigenvalue weighted by molar-refractivity contribution is 0.0216. The smallest absolute Gasteiger partial charge is 0.306 e. The van der Waals surface area contributed by atoms with Gasteiger partial charge in [-0.2, -0.15) is 8.42 Å². The highest BCUT2D eigenvalue weighted by Crippen LogP contribution is 2.41. The Morgan fingerprint density at radius 2 is 1.38 bits per heavy atom. The molecular formula is C26H38O5S. The molecule has 0 saturated carbocycles. The zero-order valence-corrected chi connectivity index (χ0v) is 21.5. The lowest BCUT2D eigenvalue weighted by atomic mass is 9.70. The van der Waals surface area contributed by atoms with Gasteiger partial charge in [-0.05, 0) is 66.5 Å². The molecule has 0 aromatic heterocycles. The SMILES string of the molecule is CCC(CC)(c1ccc(OC[C@@H](O)C(C)(C)C)c(C)c1)c1ccc(OS(C)(=O)=O)c(C)c1. The van der Waals surface area contributed by atoms with Crippen LogP contribution in [-0.4, -0.2) is 32.5 Å². The van der Waals surface area contributed by atoms with Crippen molar-refractivity contribution in [3.05, 3.63) is 58.7 Å². The van der Waals surface area contributed by atoms with Crippen molar-refractivity contribution in [3.8, 4) is 11.5 Å². The molecule has 0 saturated heterocycles. The first-order valence-corrected chi connectivity index (χ1v) is 13.0. The lowest BCUT2D eigenvalue weighted by Gasteiger charge is -2.34. The molecule has 0 radical (unpaired) electrons. The second kappa shape index (κ2) is 9.84. The van der Waals surface area contributed by atoms with Gasteiger partial charge in [-0.3, -0.25) is 0 Å². The second-order valence-electron chi connectivity index (χ2n) is 9.73. The van der Waals surface area contributed by atoms with Crippen LogP contribution in [0.3, 0.4) is 0 Å². The molecule has 0 unspecified atom stereocenters. The van der Waals surface area contributed by atoms with E-state index in [0.29, 0.717) is 5.75 Å². The molecule has 2 aromatic carbocycles. The highest BCUT2D eigenvalue weighted by molar-refractivity contribution is 7.86. The van der Waals surface area contributed by atoms with Crippen molar-refractivity contribution in [1.29, 1.82) is 0 Å². The van der Waals surface area contributed by atoms with Crippen molar-refractivity contribution in [1.82, 2.24) is 0 Å². The maximum absolute atomic E-state index is 11.5. The minimum atomic E-state index is -3.57. The number of benzene rings is 2. The maximum atomic E-state index is 11.5. The number of rotatable bonds is 9. The fourth-order valence-corrected chi connectivity index (χ4v) is 4.48. The number of aliphatic hydroxyl groups excluding tert-OH is 1. The van der Waals surface area contributed by atoms with Gasteiger partial charge < -0.3 is 14.0 Å². The summed E-state index contributed by atoms with van der Waals surface area (Å²) in [4.78, 5) is 0. The largest absolute Gasteiger partial charge is 0.491 e. The Labute approximate surface area is 193 Å². The quantitative estimate of drug-likeness (QED) is 0.496. The predicted molar refractivity (Wildman–Crippen MR) is 130 cm³/mol. The molecule has 0 aliphatic rings.